The maximum atomic E-state index is 12.7. The summed E-state index contributed by atoms with van der Waals surface area (Å²) >= 11 is 0. The van der Waals surface area contributed by atoms with E-state index >= 15 is 0 Å². The Bertz CT molecular complexity index is 644. The zero-order valence-electron chi connectivity index (χ0n) is 13.8. The Labute approximate surface area is 142 Å². The van der Waals surface area contributed by atoms with Crippen molar-refractivity contribution in [2.45, 2.75) is 25.3 Å². The summed E-state index contributed by atoms with van der Waals surface area (Å²) in [5.41, 5.74) is 0.691. The number of amides is 2. The molecule has 0 unspecified atom stereocenters. The van der Waals surface area contributed by atoms with Crippen molar-refractivity contribution in [1.29, 1.82) is 0 Å². The van der Waals surface area contributed by atoms with Gasteiger partial charge in [-0.3, -0.25) is 19.4 Å². The second kappa shape index (κ2) is 6.43. The summed E-state index contributed by atoms with van der Waals surface area (Å²) < 4.78 is 5.44. The molecule has 2 fully saturated rings. The number of hydrogen-bond acceptors (Lipinski definition) is 4. The van der Waals surface area contributed by atoms with Gasteiger partial charge in [-0.1, -0.05) is 12.1 Å². The normalized spacial score (nSPS) is 21.9. The molecular formula is C18H23N3O3. The Balaban J connectivity index is 1.43. The van der Waals surface area contributed by atoms with Gasteiger partial charge in [0.2, 0.25) is 5.91 Å². The van der Waals surface area contributed by atoms with E-state index in [0.29, 0.717) is 11.4 Å². The molecule has 1 saturated heterocycles. The quantitative estimate of drug-likeness (QED) is 0.834. The number of fused-ring (bicyclic) bond motifs is 1. The Hall–Kier alpha value is -2.08. The molecule has 0 atom stereocenters. The van der Waals surface area contributed by atoms with Gasteiger partial charge in [-0.05, 0) is 31.4 Å². The van der Waals surface area contributed by atoms with Gasteiger partial charge in [0, 0.05) is 32.2 Å². The Morgan fingerprint density at radius 2 is 1.96 bits per heavy atom. The number of carbonyl (C=O) groups excluding carboxylic acids is 2. The second-order valence-corrected chi connectivity index (χ2v) is 6.74. The number of para-hydroxylation sites is 2. The van der Waals surface area contributed by atoms with Crippen LogP contribution in [0.2, 0.25) is 0 Å². The van der Waals surface area contributed by atoms with E-state index in [1.807, 2.05) is 29.2 Å². The topological polar surface area (TPSA) is 53.1 Å². The molecule has 2 amide bonds. The highest BCUT2D eigenvalue weighted by molar-refractivity contribution is 6.02. The van der Waals surface area contributed by atoms with Crippen LogP contribution in [0.4, 0.5) is 5.69 Å². The van der Waals surface area contributed by atoms with Crippen molar-refractivity contribution in [1.82, 2.24) is 9.80 Å². The fraction of sp³-hybridized carbons (Fsp3) is 0.556. The molecule has 0 radical (unpaired) electrons. The molecule has 0 spiro atoms. The molecule has 128 valence electrons. The van der Waals surface area contributed by atoms with Gasteiger partial charge in [-0.2, -0.15) is 0 Å². The maximum absolute atomic E-state index is 12.7. The fourth-order valence-electron chi connectivity index (χ4n) is 3.55. The molecular weight excluding hydrogens is 306 g/mol. The van der Waals surface area contributed by atoms with Crippen LogP contribution in [0.1, 0.15) is 19.3 Å². The predicted molar refractivity (Wildman–Crippen MR) is 90.1 cm³/mol. The van der Waals surface area contributed by atoms with Crippen molar-refractivity contribution in [2.24, 2.45) is 0 Å². The molecule has 4 rings (SSSR count). The molecule has 1 aromatic carbocycles. The third-order valence-corrected chi connectivity index (χ3v) is 5.05. The van der Waals surface area contributed by atoms with Gasteiger partial charge in [-0.25, -0.2) is 0 Å². The van der Waals surface area contributed by atoms with Gasteiger partial charge in [0.15, 0.2) is 6.61 Å². The van der Waals surface area contributed by atoms with Gasteiger partial charge in [0.25, 0.3) is 5.91 Å². The lowest BCUT2D eigenvalue weighted by Gasteiger charge is -2.31. The number of carbonyl (C=O) groups is 2. The molecule has 1 saturated carbocycles. The summed E-state index contributed by atoms with van der Waals surface area (Å²) in [4.78, 5) is 30.9. The van der Waals surface area contributed by atoms with E-state index in [9.17, 15) is 9.59 Å². The van der Waals surface area contributed by atoms with Crippen LogP contribution >= 0.6 is 0 Å². The van der Waals surface area contributed by atoms with E-state index in [-0.39, 0.29) is 25.0 Å². The van der Waals surface area contributed by atoms with Gasteiger partial charge < -0.3 is 9.64 Å². The zero-order valence-corrected chi connectivity index (χ0v) is 13.8. The van der Waals surface area contributed by atoms with E-state index in [4.69, 9.17) is 4.74 Å². The van der Waals surface area contributed by atoms with Crippen molar-refractivity contribution in [2.75, 3.05) is 44.2 Å². The number of rotatable bonds is 3. The van der Waals surface area contributed by atoms with E-state index in [2.05, 4.69) is 4.90 Å². The SMILES string of the molecule is O=C(CN1C(=O)COc2ccccc21)N1CCCN(C2CC2)CC1. The minimum Gasteiger partial charge on any atom is -0.482 e. The first-order valence-corrected chi connectivity index (χ1v) is 8.76. The smallest absolute Gasteiger partial charge is 0.265 e. The molecule has 0 N–H and O–H groups in total. The molecule has 1 aliphatic carbocycles. The molecule has 2 aliphatic heterocycles. The van der Waals surface area contributed by atoms with Gasteiger partial charge in [-0.15, -0.1) is 0 Å². The van der Waals surface area contributed by atoms with E-state index < -0.39 is 0 Å². The average molecular weight is 329 g/mol. The monoisotopic (exact) mass is 329 g/mol. The van der Waals surface area contributed by atoms with Gasteiger partial charge in [0.05, 0.1) is 5.69 Å². The third kappa shape index (κ3) is 3.11. The van der Waals surface area contributed by atoms with Crippen LogP contribution in [0.5, 0.6) is 5.75 Å². The minimum absolute atomic E-state index is 0.000247. The fourth-order valence-corrected chi connectivity index (χ4v) is 3.55. The van der Waals surface area contributed by atoms with Gasteiger partial charge >= 0.3 is 0 Å². The summed E-state index contributed by atoms with van der Waals surface area (Å²) in [6, 6.07) is 8.14. The molecule has 0 aromatic heterocycles. The van der Waals surface area contributed by atoms with E-state index in [1.54, 1.807) is 4.90 Å². The van der Waals surface area contributed by atoms with E-state index in [1.165, 1.54) is 12.8 Å². The largest absolute Gasteiger partial charge is 0.482 e. The third-order valence-electron chi connectivity index (χ3n) is 5.05. The standard InChI is InChI=1S/C18H23N3O3/c22-17(20-9-3-8-19(10-11-20)14-6-7-14)12-21-15-4-1-2-5-16(15)24-13-18(21)23/h1-2,4-5,14H,3,6-13H2. The number of nitrogens with zero attached hydrogens (tertiary/aromatic N) is 3. The highest BCUT2D eigenvalue weighted by atomic mass is 16.5. The average Bonchev–Trinajstić information content (AvgIpc) is 3.43. The molecule has 3 aliphatic rings. The summed E-state index contributed by atoms with van der Waals surface area (Å²) in [7, 11) is 0. The number of ether oxygens (including phenoxy) is 1. The van der Waals surface area contributed by atoms with Crippen LogP contribution in [-0.4, -0.2) is 67.0 Å². The van der Waals surface area contributed by atoms with Crippen LogP contribution in [-0.2, 0) is 9.59 Å². The Kier molecular flexibility index (Phi) is 4.14. The van der Waals surface area contributed by atoms with Crippen LogP contribution in [0, 0.1) is 0 Å². The van der Waals surface area contributed by atoms with Crippen LogP contribution < -0.4 is 9.64 Å². The van der Waals surface area contributed by atoms with Crippen molar-refractivity contribution < 1.29 is 14.3 Å². The van der Waals surface area contributed by atoms with Crippen LogP contribution in [0.25, 0.3) is 0 Å². The van der Waals surface area contributed by atoms with E-state index in [0.717, 1.165) is 38.6 Å². The highest BCUT2D eigenvalue weighted by Crippen LogP contribution is 2.31. The number of hydrogen-bond donors (Lipinski definition) is 0. The van der Waals surface area contributed by atoms with Crippen molar-refractivity contribution in [3.05, 3.63) is 24.3 Å². The molecule has 0 bridgehead atoms. The first kappa shape index (κ1) is 15.4. The first-order chi connectivity index (χ1) is 11.7. The summed E-state index contributed by atoms with van der Waals surface area (Å²) in [6.07, 6.45) is 3.61. The Morgan fingerprint density at radius 1 is 1.12 bits per heavy atom. The van der Waals surface area contributed by atoms with Crippen molar-refractivity contribution in [3.63, 3.8) is 0 Å². The molecule has 6 nitrogen and oxygen atoms in total. The summed E-state index contributed by atoms with van der Waals surface area (Å²) in [5.74, 6) is 0.537. The molecule has 6 heteroatoms. The maximum Gasteiger partial charge on any atom is 0.265 e. The summed E-state index contributed by atoms with van der Waals surface area (Å²) in [5, 5.41) is 0. The second-order valence-electron chi connectivity index (χ2n) is 6.74. The molecule has 24 heavy (non-hydrogen) atoms. The lowest BCUT2D eigenvalue weighted by atomic mass is 10.2. The Morgan fingerprint density at radius 3 is 2.79 bits per heavy atom. The minimum atomic E-state index is -0.156. The van der Waals surface area contributed by atoms with Crippen molar-refractivity contribution >= 4 is 17.5 Å². The van der Waals surface area contributed by atoms with Crippen LogP contribution in [0.3, 0.4) is 0 Å². The zero-order chi connectivity index (χ0) is 16.5. The number of anilines is 1. The predicted octanol–water partition coefficient (Wildman–Crippen LogP) is 1.11. The number of benzene rings is 1. The summed E-state index contributed by atoms with van der Waals surface area (Å²) in [6.45, 7) is 3.66. The lowest BCUT2D eigenvalue weighted by molar-refractivity contribution is -0.131. The highest BCUT2D eigenvalue weighted by Gasteiger charge is 2.32. The van der Waals surface area contributed by atoms with Crippen LogP contribution in [0.15, 0.2) is 24.3 Å². The molecule has 2 heterocycles. The first-order valence-electron chi connectivity index (χ1n) is 8.76. The van der Waals surface area contributed by atoms with Gasteiger partial charge in [0.1, 0.15) is 12.3 Å². The molecule has 1 aromatic rings. The van der Waals surface area contributed by atoms with Crippen molar-refractivity contribution in [3.8, 4) is 5.75 Å². The lowest BCUT2D eigenvalue weighted by Crippen LogP contribution is -2.47.